The lowest BCUT2D eigenvalue weighted by atomic mass is 9.94. The number of carbonyl (C=O) groups excluding carboxylic acids is 1. The van der Waals surface area contributed by atoms with E-state index in [1.165, 1.54) is 4.90 Å². The minimum absolute atomic E-state index is 0.112. The first-order valence-electron chi connectivity index (χ1n) is 8.64. The summed E-state index contributed by atoms with van der Waals surface area (Å²) in [7, 11) is 5.39. The van der Waals surface area contributed by atoms with E-state index in [1.807, 2.05) is 60.7 Å². The molecule has 1 aliphatic rings. The van der Waals surface area contributed by atoms with E-state index in [4.69, 9.17) is 9.47 Å². The van der Waals surface area contributed by atoms with Crippen LogP contribution < -0.4 is 14.4 Å². The maximum absolute atomic E-state index is 13.0. The summed E-state index contributed by atoms with van der Waals surface area (Å²) in [5.41, 5.74) is 3.58. The largest absolute Gasteiger partial charge is 0.497 e. The fourth-order valence-corrected chi connectivity index (χ4v) is 3.18. The topological polar surface area (TPSA) is 40.0 Å². The summed E-state index contributed by atoms with van der Waals surface area (Å²) in [6.07, 6.45) is 3.93. The number of likely N-dealkylation sites (N-methyl/N-ethyl adjacent to an activating group) is 1. The van der Waals surface area contributed by atoms with E-state index in [2.05, 4.69) is 7.05 Å². The van der Waals surface area contributed by atoms with Gasteiger partial charge in [-0.05, 0) is 47.5 Å². The molecule has 134 valence electrons. The van der Waals surface area contributed by atoms with E-state index in [1.54, 1.807) is 14.2 Å². The van der Waals surface area contributed by atoms with Crippen molar-refractivity contribution in [1.82, 2.24) is 0 Å². The Hall–Kier alpha value is -2.85. The number of ketones is 1. The third-order valence-corrected chi connectivity index (χ3v) is 4.44. The van der Waals surface area contributed by atoms with Crippen LogP contribution in [-0.4, -0.2) is 40.1 Å². The van der Waals surface area contributed by atoms with Crippen LogP contribution in [0.15, 0.2) is 59.7 Å². The molecular formula is C22H24NO3+. The lowest BCUT2D eigenvalue weighted by Crippen LogP contribution is -3.10. The monoisotopic (exact) mass is 350 g/mol. The molecule has 0 unspecified atom stereocenters. The van der Waals surface area contributed by atoms with E-state index in [-0.39, 0.29) is 5.78 Å². The van der Waals surface area contributed by atoms with Gasteiger partial charge in [0.05, 0.1) is 32.4 Å². The Labute approximate surface area is 154 Å². The molecule has 1 aliphatic heterocycles. The number of hydrogen-bond acceptors (Lipinski definition) is 3. The zero-order valence-electron chi connectivity index (χ0n) is 15.4. The van der Waals surface area contributed by atoms with Gasteiger partial charge in [0.25, 0.3) is 0 Å². The normalized spacial score (nSPS) is 20.4. The van der Waals surface area contributed by atoms with E-state index in [0.717, 1.165) is 33.8 Å². The molecule has 0 spiro atoms. The highest BCUT2D eigenvalue weighted by atomic mass is 16.5. The molecule has 0 bridgehead atoms. The molecule has 0 radical (unpaired) electrons. The van der Waals surface area contributed by atoms with Crippen LogP contribution in [0.4, 0.5) is 0 Å². The highest BCUT2D eigenvalue weighted by molar-refractivity contribution is 6.14. The van der Waals surface area contributed by atoms with Gasteiger partial charge in [0.1, 0.15) is 24.6 Å². The quantitative estimate of drug-likeness (QED) is 0.860. The predicted molar refractivity (Wildman–Crippen MR) is 104 cm³/mol. The average molecular weight is 350 g/mol. The smallest absolute Gasteiger partial charge is 0.196 e. The number of methoxy groups -OCH3 is 2. The summed E-state index contributed by atoms with van der Waals surface area (Å²) in [5.74, 6) is 1.69. The molecule has 1 heterocycles. The fourth-order valence-electron chi connectivity index (χ4n) is 3.18. The van der Waals surface area contributed by atoms with Crippen molar-refractivity contribution >= 4 is 17.9 Å². The highest BCUT2D eigenvalue weighted by Crippen LogP contribution is 2.20. The van der Waals surface area contributed by atoms with Crippen LogP contribution in [-0.2, 0) is 4.79 Å². The van der Waals surface area contributed by atoms with Crippen molar-refractivity contribution in [2.75, 3.05) is 34.4 Å². The van der Waals surface area contributed by atoms with Gasteiger partial charge in [-0.1, -0.05) is 24.3 Å². The molecule has 4 heteroatoms. The van der Waals surface area contributed by atoms with Gasteiger partial charge in [0, 0.05) is 0 Å². The Morgan fingerprint density at radius 3 is 1.73 bits per heavy atom. The number of quaternary nitrogens is 1. The Kier molecular flexibility index (Phi) is 5.54. The van der Waals surface area contributed by atoms with E-state index < -0.39 is 0 Å². The summed E-state index contributed by atoms with van der Waals surface area (Å²) >= 11 is 0. The number of carbonyl (C=O) groups is 1. The van der Waals surface area contributed by atoms with Gasteiger partial charge >= 0.3 is 0 Å². The lowest BCUT2D eigenvalue weighted by molar-refractivity contribution is -0.870. The van der Waals surface area contributed by atoms with E-state index >= 15 is 0 Å². The van der Waals surface area contributed by atoms with Crippen molar-refractivity contribution in [2.24, 2.45) is 0 Å². The summed E-state index contributed by atoms with van der Waals surface area (Å²) in [6.45, 7) is 1.43. The van der Waals surface area contributed by atoms with Gasteiger partial charge in [-0.15, -0.1) is 0 Å². The number of hydrogen-bond donors (Lipinski definition) is 1. The van der Waals surface area contributed by atoms with Crippen molar-refractivity contribution in [1.29, 1.82) is 0 Å². The first-order valence-corrected chi connectivity index (χ1v) is 8.64. The molecule has 1 N–H and O–H groups in total. The molecule has 1 saturated heterocycles. The Morgan fingerprint density at radius 2 is 1.31 bits per heavy atom. The van der Waals surface area contributed by atoms with Gasteiger partial charge in [-0.25, -0.2) is 0 Å². The van der Waals surface area contributed by atoms with Gasteiger partial charge < -0.3 is 14.4 Å². The zero-order valence-corrected chi connectivity index (χ0v) is 15.4. The van der Waals surface area contributed by atoms with Gasteiger partial charge in [-0.3, -0.25) is 4.79 Å². The maximum Gasteiger partial charge on any atom is 0.196 e. The van der Waals surface area contributed by atoms with E-state index in [9.17, 15) is 4.79 Å². The van der Waals surface area contributed by atoms with Crippen molar-refractivity contribution < 1.29 is 19.2 Å². The van der Waals surface area contributed by atoms with E-state index in [0.29, 0.717) is 13.1 Å². The number of piperidine rings is 1. The third-order valence-electron chi connectivity index (χ3n) is 4.44. The second-order valence-electron chi connectivity index (χ2n) is 6.53. The number of ether oxygens (including phenoxy) is 2. The molecule has 26 heavy (non-hydrogen) atoms. The molecule has 3 rings (SSSR count). The fraction of sp³-hybridized carbons (Fsp3) is 0.227. The van der Waals surface area contributed by atoms with Crippen LogP contribution >= 0.6 is 0 Å². The maximum atomic E-state index is 13.0. The molecular weight excluding hydrogens is 326 g/mol. The first kappa shape index (κ1) is 18.0. The highest BCUT2D eigenvalue weighted by Gasteiger charge is 2.27. The Balaban J connectivity index is 1.92. The third kappa shape index (κ3) is 4.21. The second-order valence-corrected chi connectivity index (χ2v) is 6.53. The predicted octanol–water partition coefficient (Wildman–Crippen LogP) is 2.27. The van der Waals surface area contributed by atoms with Crippen LogP contribution in [0.2, 0.25) is 0 Å². The standard InChI is InChI=1S/C22H23NO3/c1-23-14-18(10-16-6-4-8-20(12-16)25-2)22(24)19(15-23)11-17-7-5-9-21(13-17)26-3/h4-13H,14-15H2,1-3H3/p+1. The molecule has 0 amide bonds. The Morgan fingerprint density at radius 1 is 0.846 bits per heavy atom. The average Bonchev–Trinajstić information content (AvgIpc) is 2.66. The number of benzene rings is 2. The number of rotatable bonds is 4. The molecule has 1 fully saturated rings. The Bertz CT molecular complexity index is 798. The first-order chi connectivity index (χ1) is 12.6. The van der Waals surface area contributed by atoms with Crippen molar-refractivity contribution in [3.63, 3.8) is 0 Å². The van der Waals surface area contributed by atoms with Crippen molar-refractivity contribution in [3.8, 4) is 11.5 Å². The van der Waals surface area contributed by atoms with Crippen molar-refractivity contribution in [3.05, 3.63) is 70.8 Å². The summed E-state index contributed by atoms with van der Waals surface area (Å²) < 4.78 is 10.5. The van der Waals surface area contributed by atoms with Gasteiger partial charge in [0.2, 0.25) is 0 Å². The van der Waals surface area contributed by atoms with Crippen LogP contribution in [0.1, 0.15) is 11.1 Å². The number of Topliss-reactive ketones (excluding diaryl/α,β-unsaturated/α-hetero) is 1. The molecule has 0 aromatic heterocycles. The van der Waals surface area contributed by atoms with Crippen LogP contribution in [0.5, 0.6) is 11.5 Å². The van der Waals surface area contributed by atoms with Crippen LogP contribution in [0.3, 0.4) is 0 Å². The van der Waals surface area contributed by atoms with Gasteiger partial charge in [-0.2, -0.15) is 0 Å². The lowest BCUT2D eigenvalue weighted by Gasteiger charge is -2.23. The van der Waals surface area contributed by atoms with Crippen LogP contribution in [0, 0.1) is 0 Å². The minimum Gasteiger partial charge on any atom is -0.497 e. The van der Waals surface area contributed by atoms with Crippen molar-refractivity contribution in [2.45, 2.75) is 0 Å². The molecule has 0 saturated carbocycles. The second kappa shape index (κ2) is 8.02. The molecule has 4 nitrogen and oxygen atoms in total. The zero-order chi connectivity index (χ0) is 18.5. The molecule has 0 atom stereocenters. The SMILES string of the molecule is COc1cccc(C=C2C[NH+](C)CC(=Cc3cccc(OC)c3)C2=O)c1. The van der Waals surface area contributed by atoms with Gasteiger partial charge in [0.15, 0.2) is 5.78 Å². The molecule has 2 aromatic carbocycles. The summed E-state index contributed by atoms with van der Waals surface area (Å²) in [6, 6.07) is 15.5. The number of nitrogens with one attached hydrogen (secondary N) is 1. The summed E-state index contributed by atoms with van der Waals surface area (Å²) in [4.78, 5) is 14.3. The molecule has 2 aromatic rings. The summed E-state index contributed by atoms with van der Waals surface area (Å²) in [5, 5.41) is 0. The molecule has 0 aliphatic carbocycles. The number of likely N-dealkylation sites (tertiary alicyclic amines) is 1. The van der Waals surface area contributed by atoms with Crippen LogP contribution in [0.25, 0.3) is 12.2 Å². The minimum atomic E-state index is 0.112.